The number of pyridine rings is 1. The molecule has 1 unspecified atom stereocenters. The Bertz CT molecular complexity index is 880. The van der Waals surface area contributed by atoms with Gasteiger partial charge in [0.1, 0.15) is 11.5 Å². The average Bonchev–Trinajstić information content (AvgIpc) is 2.70. The first-order valence-corrected chi connectivity index (χ1v) is 8.73. The van der Waals surface area contributed by atoms with Crippen LogP contribution in [0.1, 0.15) is 18.1 Å². The highest BCUT2D eigenvalue weighted by molar-refractivity contribution is 5.94. The van der Waals surface area contributed by atoms with Gasteiger partial charge >= 0.3 is 0 Å². The number of carbonyl (C=O) groups is 1. The number of hydrogen-bond acceptors (Lipinski definition) is 4. The summed E-state index contributed by atoms with van der Waals surface area (Å²) in [5, 5.41) is 2.88. The van der Waals surface area contributed by atoms with E-state index in [2.05, 4.69) is 10.3 Å². The van der Waals surface area contributed by atoms with Gasteiger partial charge in [0.2, 0.25) is 0 Å². The Morgan fingerprint density at radius 1 is 1.00 bits per heavy atom. The van der Waals surface area contributed by atoms with Gasteiger partial charge in [-0.1, -0.05) is 18.2 Å². The van der Waals surface area contributed by atoms with Gasteiger partial charge in [0.05, 0.1) is 7.11 Å². The molecule has 0 spiro atoms. The molecule has 1 N–H and O–H groups in total. The summed E-state index contributed by atoms with van der Waals surface area (Å²) in [6, 6.07) is 19.0. The number of hydrogen-bond donors (Lipinski definition) is 1. The highest BCUT2D eigenvalue weighted by atomic mass is 16.5. The van der Waals surface area contributed by atoms with E-state index in [-0.39, 0.29) is 5.91 Å². The summed E-state index contributed by atoms with van der Waals surface area (Å²) in [7, 11) is 1.59. The summed E-state index contributed by atoms with van der Waals surface area (Å²) in [6.07, 6.45) is 3.77. The van der Waals surface area contributed by atoms with Crippen LogP contribution in [-0.4, -0.2) is 24.1 Å². The maximum absolute atomic E-state index is 12.4. The van der Waals surface area contributed by atoms with Crippen molar-refractivity contribution in [2.75, 3.05) is 12.4 Å². The van der Waals surface area contributed by atoms with Crippen molar-refractivity contribution in [1.82, 2.24) is 4.98 Å². The fourth-order valence-corrected chi connectivity index (χ4v) is 2.62. The summed E-state index contributed by atoms with van der Waals surface area (Å²) in [4.78, 5) is 16.4. The number of rotatable bonds is 7. The summed E-state index contributed by atoms with van der Waals surface area (Å²) in [5.74, 6) is 1.06. The van der Waals surface area contributed by atoms with Crippen molar-refractivity contribution < 1.29 is 14.3 Å². The van der Waals surface area contributed by atoms with E-state index in [1.54, 1.807) is 38.6 Å². The number of anilines is 1. The van der Waals surface area contributed by atoms with Gasteiger partial charge in [0, 0.05) is 24.1 Å². The van der Waals surface area contributed by atoms with Gasteiger partial charge in [0.25, 0.3) is 5.91 Å². The van der Waals surface area contributed by atoms with Crippen molar-refractivity contribution in [1.29, 1.82) is 0 Å². The molecule has 0 fully saturated rings. The SMILES string of the molecule is COc1cccc(OC(C)C(=O)Nc2ccc(Cc3ccncc3)cc2)c1. The number of benzene rings is 2. The first kappa shape index (κ1) is 18.5. The van der Waals surface area contributed by atoms with E-state index < -0.39 is 6.10 Å². The van der Waals surface area contributed by atoms with Crippen LogP contribution < -0.4 is 14.8 Å². The van der Waals surface area contributed by atoms with Crippen LogP contribution in [0.4, 0.5) is 5.69 Å². The molecule has 1 aromatic heterocycles. The van der Waals surface area contributed by atoms with Gasteiger partial charge < -0.3 is 14.8 Å². The minimum Gasteiger partial charge on any atom is -0.497 e. The molecule has 3 rings (SSSR count). The van der Waals surface area contributed by atoms with Crippen molar-refractivity contribution >= 4 is 11.6 Å². The van der Waals surface area contributed by atoms with Gasteiger partial charge in [0.15, 0.2) is 6.10 Å². The van der Waals surface area contributed by atoms with Crippen molar-refractivity contribution in [3.63, 3.8) is 0 Å². The smallest absolute Gasteiger partial charge is 0.265 e. The molecule has 0 radical (unpaired) electrons. The minimum atomic E-state index is -0.631. The van der Waals surface area contributed by atoms with E-state index in [4.69, 9.17) is 9.47 Å². The Kier molecular flexibility index (Phi) is 6.05. The van der Waals surface area contributed by atoms with Gasteiger partial charge in [-0.15, -0.1) is 0 Å². The van der Waals surface area contributed by atoms with Crippen LogP contribution in [0, 0.1) is 0 Å². The lowest BCUT2D eigenvalue weighted by Gasteiger charge is -2.15. The van der Waals surface area contributed by atoms with E-state index in [0.717, 1.165) is 12.1 Å². The zero-order valence-corrected chi connectivity index (χ0v) is 15.4. The monoisotopic (exact) mass is 362 g/mol. The normalized spacial score (nSPS) is 11.5. The zero-order valence-electron chi connectivity index (χ0n) is 15.4. The molecule has 0 saturated carbocycles. The predicted molar refractivity (Wildman–Crippen MR) is 105 cm³/mol. The molecule has 0 saturated heterocycles. The van der Waals surface area contributed by atoms with E-state index in [0.29, 0.717) is 11.5 Å². The molecule has 1 heterocycles. The first-order chi connectivity index (χ1) is 13.1. The summed E-state index contributed by atoms with van der Waals surface area (Å²) in [6.45, 7) is 1.71. The second-order valence-electron chi connectivity index (χ2n) is 6.16. The van der Waals surface area contributed by atoms with Gasteiger partial charge in [-0.2, -0.15) is 0 Å². The maximum Gasteiger partial charge on any atom is 0.265 e. The van der Waals surface area contributed by atoms with Crippen LogP contribution >= 0.6 is 0 Å². The zero-order chi connectivity index (χ0) is 19.1. The van der Waals surface area contributed by atoms with E-state index >= 15 is 0 Å². The van der Waals surface area contributed by atoms with Crippen LogP contribution in [0.3, 0.4) is 0 Å². The maximum atomic E-state index is 12.4. The molecule has 2 aromatic carbocycles. The quantitative estimate of drug-likeness (QED) is 0.688. The lowest BCUT2D eigenvalue weighted by Crippen LogP contribution is -2.30. The molecule has 138 valence electrons. The van der Waals surface area contributed by atoms with Crippen LogP contribution in [-0.2, 0) is 11.2 Å². The largest absolute Gasteiger partial charge is 0.497 e. The minimum absolute atomic E-state index is 0.209. The molecule has 0 aliphatic heterocycles. The van der Waals surface area contributed by atoms with Crippen LogP contribution in [0.5, 0.6) is 11.5 Å². The molecule has 27 heavy (non-hydrogen) atoms. The Morgan fingerprint density at radius 3 is 2.37 bits per heavy atom. The second-order valence-corrected chi connectivity index (χ2v) is 6.16. The fraction of sp³-hybridized carbons (Fsp3) is 0.182. The van der Waals surface area contributed by atoms with Gasteiger partial charge in [-0.05, 0) is 60.9 Å². The van der Waals surface area contributed by atoms with Crippen LogP contribution in [0.25, 0.3) is 0 Å². The van der Waals surface area contributed by atoms with E-state index in [1.165, 1.54) is 11.1 Å². The third-order valence-corrected chi connectivity index (χ3v) is 4.10. The van der Waals surface area contributed by atoms with E-state index in [9.17, 15) is 4.79 Å². The number of nitrogens with one attached hydrogen (secondary N) is 1. The number of nitrogens with zero attached hydrogens (tertiary/aromatic N) is 1. The van der Waals surface area contributed by atoms with Gasteiger partial charge in [-0.25, -0.2) is 0 Å². The molecule has 5 heteroatoms. The molecule has 5 nitrogen and oxygen atoms in total. The summed E-state index contributed by atoms with van der Waals surface area (Å²) in [5.41, 5.74) is 3.10. The predicted octanol–water partition coefficient (Wildman–Crippen LogP) is 4.09. The molecule has 1 atom stereocenters. The molecule has 1 amide bonds. The number of methoxy groups -OCH3 is 1. The Morgan fingerprint density at radius 2 is 1.67 bits per heavy atom. The molecule has 3 aromatic rings. The Labute approximate surface area is 159 Å². The topological polar surface area (TPSA) is 60.5 Å². The van der Waals surface area contributed by atoms with Crippen LogP contribution in [0.15, 0.2) is 73.1 Å². The van der Waals surface area contributed by atoms with Crippen molar-refractivity contribution in [3.05, 3.63) is 84.2 Å². The third kappa shape index (κ3) is 5.31. The van der Waals surface area contributed by atoms with E-state index in [1.807, 2.05) is 48.5 Å². The number of aromatic nitrogens is 1. The number of carbonyl (C=O) groups excluding carboxylic acids is 1. The summed E-state index contributed by atoms with van der Waals surface area (Å²) < 4.78 is 10.9. The standard InChI is InChI=1S/C22H22N2O3/c1-16(27-21-5-3-4-20(15-21)26-2)22(25)24-19-8-6-17(7-9-19)14-18-10-12-23-13-11-18/h3-13,15-16H,14H2,1-2H3,(H,24,25). The Balaban J connectivity index is 1.56. The Hall–Kier alpha value is -3.34. The average molecular weight is 362 g/mol. The molecule has 0 aliphatic rings. The van der Waals surface area contributed by atoms with Gasteiger partial charge in [-0.3, -0.25) is 9.78 Å². The molecule has 0 aliphatic carbocycles. The van der Waals surface area contributed by atoms with Crippen LogP contribution in [0.2, 0.25) is 0 Å². The highest BCUT2D eigenvalue weighted by Gasteiger charge is 2.15. The third-order valence-electron chi connectivity index (χ3n) is 4.10. The van der Waals surface area contributed by atoms with Crippen molar-refractivity contribution in [2.45, 2.75) is 19.4 Å². The number of ether oxygens (including phenoxy) is 2. The molecular weight excluding hydrogens is 340 g/mol. The number of amides is 1. The molecular formula is C22H22N2O3. The lowest BCUT2D eigenvalue weighted by molar-refractivity contribution is -0.122. The van der Waals surface area contributed by atoms with Crippen molar-refractivity contribution in [2.24, 2.45) is 0 Å². The first-order valence-electron chi connectivity index (χ1n) is 8.73. The van der Waals surface area contributed by atoms with Crippen molar-refractivity contribution in [3.8, 4) is 11.5 Å². The summed E-state index contributed by atoms with van der Waals surface area (Å²) >= 11 is 0. The fourth-order valence-electron chi connectivity index (χ4n) is 2.62. The molecule has 0 bridgehead atoms. The lowest BCUT2D eigenvalue weighted by atomic mass is 10.1. The second kappa shape index (κ2) is 8.85. The highest BCUT2D eigenvalue weighted by Crippen LogP contribution is 2.20.